The van der Waals surface area contributed by atoms with E-state index in [0.29, 0.717) is 24.6 Å². The van der Waals surface area contributed by atoms with Crippen LogP contribution in [-0.4, -0.2) is 55.0 Å². The average Bonchev–Trinajstić information content (AvgIpc) is 3.46. The molecular weight excluding hydrogens is 402 g/mol. The van der Waals surface area contributed by atoms with E-state index in [0.717, 1.165) is 57.4 Å². The molecule has 1 aromatic carbocycles. The molecule has 7 heteroatoms. The molecule has 3 aliphatic rings. The molecule has 2 amide bonds. The van der Waals surface area contributed by atoms with E-state index in [1.54, 1.807) is 0 Å². The van der Waals surface area contributed by atoms with Crippen LogP contribution in [0.4, 0.5) is 0 Å². The first kappa shape index (κ1) is 22.9. The number of carbonyl (C=O) groups excluding carboxylic acids is 2. The minimum absolute atomic E-state index is 0. The first-order valence-electron chi connectivity index (χ1n) is 11.3. The predicted molar refractivity (Wildman–Crippen MR) is 119 cm³/mol. The highest BCUT2D eigenvalue weighted by Crippen LogP contribution is 2.25. The second-order valence-electron chi connectivity index (χ2n) is 8.71. The highest BCUT2D eigenvalue weighted by molar-refractivity contribution is 5.94. The lowest BCUT2D eigenvalue weighted by Crippen LogP contribution is -2.46. The van der Waals surface area contributed by atoms with Gasteiger partial charge in [-0.1, -0.05) is 6.07 Å². The van der Waals surface area contributed by atoms with Crippen LogP contribution in [0.1, 0.15) is 61.7 Å². The summed E-state index contributed by atoms with van der Waals surface area (Å²) >= 11 is 0. The fourth-order valence-corrected chi connectivity index (χ4v) is 4.78. The number of likely N-dealkylation sites (tertiary alicyclic amines) is 1. The van der Waals surface area contributed by atoms with Crippen LogP contribution in [0.2, 0.25) is 0 Å². The minimum Gasteiger partial charge on any atom is -0.490 e. The zero-order valence-electron chi connectivity index (χ0n) is 17.6. The monoisotopic (exact) mass is 435 g/mol. The Bertz CT molecular complexity index is 717. The van der Waals surface area contributed by atoms with Crippen LogP contribution in [0, 0.1) is 5.92 Å². The molecule has 4 rings (SSSR count). The molecule has 2 N–H and O–H groups in total. The van der Waals surface area contributed by atoms with Crippen molar-refractivity contribution in [3.05, 3.63) is 29.8 Å². The van der Waals surface area contributed by atoms with Gasteiger partial charge in [-0.25, -0.2) is 0 Å². The molecule has 2 heterocycles. The van der Waals surface area contributed by atoms with Crippen LogP contribution in [0.5, 0.6) is 5.75 Å². The van der Waals surface area contributed by atoms with Crippen molar-refractivity contribution in [2.75, 3.05) is 26.2 Å². The number of amides is 2. The van der Waals surface area contributed by atoms with Crippen molar-refractivity contribution in [1.82, 2.24) is 15.5 Å². The fraction of sp³-hybridized carbons (Fsp3) is 0.652. The van der Waals surface area contributed by atoms with Crippen molar-refractivity contribution in [2.45, 2.75) is 63.5 Å². The molecule has 2 atom stereocenters. The Labute approximate surface area is 185 Å². The second-order valence-corrected chi connectivity index (χ2v) is 8.71. The summed E-state index contributed by atoms with van der Waals surface area (Å²) in [6, 6.07) is 7.58. The van der Waals surface area contributed by atoms with E-state index < -0.39 is 0 Å². The molecule has 3 fully saturated rings. The van der Waals surface area contributed by atoms with Gasteiger partial charge in [-0.15, -0.1) is 12.4 Å². The summed E-state index contributed by atoms with van der Waals surface area (Å²) in [5, 5.41) is 6.32. The van der Waals surface area contributed by atoms with Crippen molar-refractivity contribution in [2.24, 2.45) is 5.92 Å². The third-order valence-electron chi connectivity index (χ3n) is 6.43. The van der Waals surface area contributed by atoms with E-state index >= 15 is 0 Å². The highest BCUT2D eigenvalue weighted by Gasteiger charge is 2.27. The SMILES string of the molecule is Cl.O=C(NCC1CCCN(C(=O)c2cccc(OC3CCCC3)c2)C1)C1CCCN1. The fourth-order valence-electron chi connectivity index (χ4n) is 4.78. The lowest BCUT2D eigenvalue weighted by molar-refractivity contribution is -0.123. The molecule has 2 saturated heterocycles. The Morgan fingerprint density at radius 1 is 1.10 bits per heavy atom. The van der Waals surface area contributed by atoms with Gasteiger partial charge < -0.3 is 20.3 Å². The van der Waals surface area contributed by atoms with E-state index in [2.05, 4.69) is 10.6 Å². The lowest BCUT2D eigenvalue weighted by atomic mass is 9.97. The molecule has 0 spiro atoms. The zero-order valence-corrected chi connectivity index (χ0v) is 18.4. The third-order valence-corrected chi connectivity index (χ3v) is 6.43. The lowest BCUT2D eigenvalue weighted by Gasteiger charge is -2.33. The number of nitrogens with zero attached hydrogens (tertiary/aromatic N) is 1. The summed E-state index contributed by atoms with van der Waals surface area (Å²) in [6.07, 6.45) is 8.96. The number of piperidine rings is 1. The summed E-state index contributed by atoms with van der Waals surface area (Å²) < 4.78 is 6.06. The van der Waals surface area contributed by atoms with Crippen molar-refractivity contribution in [3.63, 3.8) is 0 Å². The molecule has 0 aromatic heterocycles. The number of benzene rings is 1. The number of hydrogen-bond acceptors (Lipinski definition) is 4. The van der Waals surface area contributed by atoms with Crippen molar-refractivity contribution < 1.29 is 14.3 Å². The van der Waals surface area contributed by atoms with E-state index in [-0.39, 0.29) is 36.4 Å². The van der Waals surface area contributed by atoms with Crippen LogP contribution >= 0.6 is 12.4 Å². The maximum atomic E-state index is 13.1. The number of carbonyl (C=O) groups is 2. The van der Waals surface area contributed by atoms with Crippen molar-refractivity contribution >= 4 is 24.2 Å². The Hall–Kier alpha value is -1.79. The average molecular weight is 436 g/mol. The zero-order chi connectivity index (χ0) is 20.1. The van der Waals surface area contributed by atoms with E-state index in [9.17, 15) is 9.59 Å². The van der Waals surface area contributed by atoms with E-state index in [1.807, 2.05) is 29.2 Å². The van der Waals surface area contributed by atoms with Crippen LogP contribution in [-0.2, 0) is 4.79 Å². The molecule has 6 nitrogen and oxygen atoms in total. The first-order valence-corrected chi connectivity index (χ1v) is 11.3. The van der Waals surface area contributed by atoms with Gasteiger partial charge in [-0.2, -0.15) is 0 Å². The Balaban J connectivity index is 0.00000256. The largest absolute Gasteiger partial charge is 0.490 e. The van der Waals surface area contributed by atoms with Gasteiger partial charge in [-0.3, -0.25) is 9.59 Å². The topological polar surface area (TPSA) is 70.7 Å². The maximum Gasteiger partial charge on any atom is 0.253 e. The summed E-state index contributed by atoms with van der Waals surface area (Å²) in [5.74, 6) is 1.28. The Morgan fingerprint density at radius 3 is 2.70 bits per heavy atom. The number of nitrogens with one attached hydrogen (secondary N) is 2. The van der Waals surface area contributed by atoms with Crippen LogP contribution in [0.3, 0.4) is 0 Å². The Morgan fingerprint density at radius 2 is 1.93 bits per heavy atom. The molecule has 30 heavy (non-hydrogen) atoms. The van der Waals surface area contributed by atoms with Crippen LogP contribution in [0.15, 0.2) is 24.3 Å². The van der Waals surface area contributed by atoms with Gasteiger partial charge in [0.25, 0.3) is 5.91 Å². The molecule has 1 aromatic rings. The third kappa shape index (κ3) is 5.88. The van der Waals surface area contributed by atoms with Gasteiger partial charge in [0.15, 0.2) is 0 Å². The van der Waals surface area contributed by atoms with Crippen LogP contribution < -0.4 is 15.4 Å². The van der Waals surface area contributed by atoms with Gasteiger partial charge in [0.2, 0.25) is 5.91 Å². The van der Waals surface area contributed by atoms with Crippen molar-refractivity contribution in [1.29, 1.82) is 0 Å². The molecule has 0 bridgehead atoms. The Kier molecular flexibility index (Phi) is 8.40. The van der Waals surface area contributed by atoms with Crippen LogP contribution in [0.25, 0.3) is 0 Å². The molecular formula is C23H34ClN3O3. The molecule has 2 aliphatic heterocycles. The van der Waals surface area contributed by atoms with Gasteiger partial charge in [0, 0.05) is 25.2 Å². The first-order chi connectivity index (χ1) is 14.2. The number of halogens is 1. The smallest absolute Gasteiger partial charge is 0.253 e. The quantitative estimate of drug-likeness (QED) is 0.720. The maximum absolute atomic E-state index is 13.1. The van der Waals surface area contributed by atoms with E-state index in [4.69, 9.17) is 4.74 Å². The highest BCUT2D eigenvalue weighted by atomic mass is 35.5. The summed E-state index contributed by atoms with van der Waals surface area (Å²) in [5.41, 5.74) is 0.695. The van der Waals surface area contributed by atoms with E-state index in [1.165, 1.54) is 12.8 Å². The molecule has 2 unspecified atom stereocenters. The summed E-state index contributed by atoms with van der Waals surface area (Å²) in [7, 11) is 0. The van der Waals surface area contributed by atoms with Gasteiger partial charge in [-0.05, 0) is 82.0 Å². The molecule has 0 radical (unpaired) electrons. The van der Waals surface area contributed by atoms with Gasteiger partial charge >= 0.3 is 0 Å². The summed E-state index contributed by atoms with van der Waals surface area (Å²) in [6.45, 7) is 3.05. The second kappa shape index (κ2) is 11.0. The standard InChI is InChI=1S/C23H33N3O3.ClH/c27-22(21-11-4-12-24-21)25-15-17-6-5-13-26(16-17)23(28)18-7-3-10-20(14-18)29-19-8-1-2-9-19;/h3,7,10,14,17,19,21,24H,1-2,4-6,8-9,11-13,15-16H2,(H,25,27);1H. The predicted octanol–water partition coefficient (Wildman–Crippen LogP) is 3.15. The number of hydrogen-bond donors (Lipinski definition) is 2. The normalized spacial score (nSPS) is 24.3. The van der Waals surface area contributed by atoms with Gasteiger partial charge in [0.05, 0.1) is 12.1 Å². The van der Waals surface area contributed by atoms with Gasteiger partial charge in [0.1, 0.15) is 5.75 Å². The molecule has 1 saturated carbocycles. The number of ether oxygens (including phenoxy) is 1. The van der Waals surface area contributed by atoms with Crippen molar-refractivity contribution in [3.8, 4) is 5.75 Å². The molecule has 166 valence electrons. The molecule has 1 aliphatic carbocycles. The number of rotatable bonds is 6. The summed E-state index contributed by atoms with van der Waals surface area (Å²) in [4.78, 5) is 27.2. The minimum atomic E-state index is -0.0427.